The molecule has 1 heterocycles. The summed E-state index contributed by atoms with van der Waals surface area (Å²) >= 11 is 0. The lowest BCUT2D eigenvalue weighted by Gasteiger charge is -2.34. The van der Waals surface area contributed by atoms with Crippen molar-refractivity contribution in [1.82, 2.24) is 9.80 Å². The Morgan fingerprint density at radius 1 is 1.00 bits per heavy atom. The Labute approximate surface area is 241 Å². The van der Waals surface area contributed by atoms with Gasteiger partial charge < -0.3 is 24.4 Å². The number of hydrogen-bond acceptors (Lipinski definition) is 7. The first-order valence-electron chi connectivity index (χ1n) is 13.9. The number of sulfone groups is 1. The highest BCUT2D eigenvalue weighted by Gasteiger charge is 2.37. The highest BCUT2D eigenvalue weighted by atomic mass is 32.2. The molecule has 4 rings (SSSR count). The summed E-state index contributed by atoms with van der Waals surface area (Å²) in [6, 6.07) is 15.9. The van der Waals surface area contributed by atoms with Gasteiger partial charge in [0.2, 0.25) is 0 Å². The van der Waals surface area contributed by atoms with E-state index < -0.39 is 38.8 Å². The van der Waals surface area contributed by atoms with Crippen LogP contribution in [0, 0.1) is 0 Å². The predicted molar refractivity (Wildman–Crippen MR) is 154 cm³/mol. The van der Waals surface area contributed by atoms with Crippen molar-refractivity contribution >= 4 is 28.0 Å². The molecule has 1 atom stereocenters. The van der Waals surface area contributed by atoms with E-state index in [4.69, 9.17) is 14.6 Å². The maximum atomic E-state index is 13.3. The molecule has 1 saturated heterocycles. The summed E-state index contributed by atoms with van der Waals surface area (Å²) in [6.07, 6.45) is -1.07. The number of amides is 2. The van der Waals surface area contributed by atoms with Crippen LogP contribution < -0.4 is 0 Å². The molecular formula is C30H38N2O8S. The smallest absolute Gasteiger partial charge is 0.410 e. The summed E-state index contributed by atoms with van der Waals surface area (Å²) in [5, 5.41) is 8.22. The Hall–Kier alpha value is -3.60. The number of fused-ring (bicyclic) bond motifs is 3. The molecule has 10 nitrogen and oxygen atoms in total. The average molecular weight is 587 g/mol. The van der Waals surface area contributed by atoms with Gasteiger partial charge in [-0.2, -0.15) is 0 Å². The number of nitrogens with zero attached hydrogens (tertiary/aromatic N) is 2. The van der Waals surface area contributed by atoms with Gasteiger partial charge in [-0.3, -0.25) is 4.79 Å². The van der Waals surface area contributed by atoms with E-state index in [9.17, 15) is 22.8 Å². The molecule has 0 bridgehead atoms. The molecule has 2 aromatic rings. The van der Waals surface area contributed by atoms with Crippen LogP contribution in [0.2, 0.25) is 0 Å². The van der Waals surface area contributed by atoms with Crippen LogP contribution in [-0.4, -0.2) is 90.9 Å². The van der Waals surface area contributed by atoms with Gasteiger partial charge in [0.05, 0.1) is 11.0 Å². The molecule has 0 aromatic heterocycles. The number of carboxylic acids is 1. The largest absolute Gasteiger partial charge is 0.481 e. The first-order chi connectivity index (χ1) is 19.4. The summed E-state index contributed by atoms with van der Waals surface area (Å²) < 4.78 is 36.9. The lowest BCUT2D eigenvalue weighted by Crippen LogP contribution is -2.51. The lowest BCUT2D eigenvalue weighted by molar-refractivity contribution is -0.137. The first kappa shape index (κ1) is 30.4. The Bertz CT molecular complexity index is 1340. The topological polar surface area (TPSA) is 131 Å². The van der Waals surface area contributed by atoms with Gasteiger partial charge in [-0.15, -0.1) is 0 Å². The fourth-order valence-electron chi connectivity index (χ4n) is 5.32. The van der Waals surface area contributed by atoms with Gasteiger partial charge in [-0.25, -0.2) is 18.0 Å². The lowest BCUT2D eigenvalue weighted by atomic mass is 9.98. The zero-order valence-electron chi connectivity index (χ0n) is 23.7. The number of rotatable bonds is 9. The van der Waals surface area contributed by atoms with Crippen molar-refractivity contribution in [2.45, 2.75) is 56.8 Å². The second-order valence-electron chi connectivity index (χ2n) is 11.5. The Morgan fingerprint density at radius 3 is 2.20 bits per heavy atom. The molecule has 41 heavy (non-hydrogen) atoms. The third kappa shape index (κ3) is 7.58. The second kappa shape index (κ2) is 12.5. The van der Waals surface area contributed by atoms with E-state index in [-0.39, 0.29) is 63.7 Å². The van der Waals surface area contributed by atoms with Crippen LogP contribution in [0.25, 0.3) is 11.1 Å². The third-order valence-electron chi connectivity index (χ3n) is 7.36. The zero-order chi connectivity index (χ0) is 29.8. The van der Waals surface area contributed by atoms with E-state index in [0.29, 0.717) is 0 Å². The maximum Gasteiger partial charge on any atom is 0.410 e. The van der Waals surface area contributed by atoms with E-state index in [1.165, 1.54) is 9.80 Å². The quantitative estimate of drug-likeness (QED) is 0.454. The van der Waals surface area contributed by atoms with Crippen LogP contribution in [0.3, 0.4) is 0 Å². The molecule has 0 spiro atoms. The summed E-state index contributed by atoms with van der Waals surface area (Å²) in [5.41, 5.74) is 3.61. The number of carbonyl (C=O) groups excluding carboxylic acids is 2. The monoisotopic (exact) mass is 586 g/mol. The maximum absolute atomic E-state index is 13.3. The number of benzene rings is 2. The molecule has 2 aliphatic rings. The average Bonchev–Trinajstić information content (AvgIpc) is 3.22. The Morgan fingerprint density at radius 2 is 1.61 bits per heavy atom. The highest BCUT2D eigenvalue weighted by Crippen LogP contribution is 2.44. The van der Waals surface area contributed by atoms with E-state index in [1.54, 1.807) is 20.8 Å². The molecule has 11 heteroatoms. The minimum atomic E-state index is -3.50. The van der Waals surface area contributed by atoms with Crippen LogP contribution in [0.5, 0.6) is 0 Å². The molecule has 1 unspecified atom stereocenters. The second-order valence-corrected chi connectivity index (χ2v) is 13.9. The number of carboxylic acid groups (broad SMARTS) is 1. The molecule has 222 valence electrons. The van der Waals surface area contributed by atoms with Crippen molar-refractivity contribution in [2.24, 2.45) is 0 Å². The van der Waals surface area contributed by atoms with Crippen molar-refractivity contribution in [3.05, 3.63) is 59.7 Å². The predicted octanol–water partition coefficient (Wildman–Crippen LogP) is 4.53. The van der Waals surface area contributed by atoms with E-state index in [0.717, 1.165) is 22.3 Å². The molecule has 0 radical (unpaired) electrons. The van der Waals surface area contributed by atoms with Crippen LogP contribution in [0.15, 0.2) is 48.5 Å². The van der Waals surface area contributed by atoms with Gasteiger partial charge in [-0.05, 0) is 55.9 Å². The van der Waals surface area contributed by atoms with Crippen molar-refractivity contribution in [3.8, 4) is 11.1 Å². The van der Waals surface area contributed by atoms with E-state index >= 15 is 0 Å². The fourth-order valence-corrected chi connectivity index (χ4v) is 7.00. The first-order valence-corrected chi connectivity index (χ1v) is 15.6. The van der Waals surface area contributed by atoms with Crippen LogP contribution in [-0.2, 0) is 24.1 Å². The Balaban J connectivity index is 1.43. The Kier molecular flexibility index (Phi) is 9.26. The van der Waals surface area contributed by atoms with Gasteiger partial charge in [0.15, 0.2) is 9.84 Å². The standard InChI is InChI=1S/C30H38N2O8S/c1-30(2,3)40-29(36)32-17-18-41(37,38)21(19-32)14-16-31(15-8-13-27(33)34)28(35)39-20-26-24-11-6-4-9-22(24)23-10-5-7-12-25(23)26/h4-7,9-12,21,26H,8,13-20H2,1-3H3,(H,33,34). The van der Waals surface area contributed by atoms with Crippen molar-refractivity contribution in [2.75, 3.05) is 38.5 Å². The molecular weight excluding hydrogens is 548 g/mol. The summed E-state index contributed by atoms with van der Waals surface area (Å²) in [6.45, 7) is 5.48. The summed E-state index contributed by atoms with van der Waals surface area (Å²) in [7, 11) is -3.50. The van der Waals surface area contributed by atoms with Crippen LogP contribution in [0.4, 0.5) is 9.59 Å². The van der Waals surface area contributed by atoms with Crippen LogP contribution in [0.1, 0.15) is 57.1 Å². The van der Waals surface area contributed by atoms with Gasteiger partial charge in [0, 0.05) is 38.5 Å². The van der Waals surface area contributed by atoms with Gasteiger partial charge >= 0.3 is 18.2 Å². The summed E-state index contributed by atoms with van der Waals surface area (Å²) in [5.74, 6) is -1.32. The van der Waals surface area contributed by atoms with E-state index in [2.05, 4.69) is 0 Å². The normalized spacial score (nSPS) is 17.8. The minimum absolute atomic E-state index is 0.0368. The molecule has 1 aliphatic carbocycles. The molecule has 0 saturated carbocycles. The minimum Gasteiger partial charge on any atom is -0.481 e. The van der Waals surface area contributed by atoms with Crippen molar-refractivity contribution < 1.29 is 37.4 Å². The van der Waals surface area contributed by atoms with Crippen LogP contribution >= 0.6 is 0 Å². The molecule has 1 aliphatic heterocycles. The van der Waals surface area contributed by atoms with Crippen molar-refractivity contribution in [3.63, 3.8) is 0 Å². The number of ether oxygens (including phenoxy) is 2. The van der Waals surface area contributed by atoms with Gasteiger partial charge in [-0.1, -0.05) is 48.5 Å². The molecule has 2 amide bonds. The fraction of sp³-hybridized carbons (Fsp3) is 0.500. The van der Waals surface area contributed by atoms with Gasteiger partial charge in [0.1, 0.15) is 12.2 Å². The molecule has 1 fully saturated rings. The third-order valence-corrected chi connectivity index (χ3v) is 9.52. The highest BCUT2D eigenvalue weighted by molar-refractivity contribution is 7.92. The SMILES string of the molecule is CC(C)(C)OC(=O)N1CCS(=O)(=O)C(CCN(CCCC(=O)O)C(=O)OCC2c3ccccc3-c3ccccc32)C1. The number of hydrogen-bond donors (Lipinski definition) is 1. The molecule has 2 aromatic carbocycles. The van der Waals surface area contributed by atoms with Gasteiger partial charge in [0.25, 0.3) is 0 Å². The summed E-state index contributed by atoms with van der Waals surface area (Å²) in [4.78, 5) is 39.7. The van der Waals surface area contributed by atoms with E-state index in [1.807, 2.05) is 48.5 Å². The number of carbonyl (C=O) groups is 3. The van der Waals surface area contributed by atoms with Crippen molar-refractivity contribution in [1.29, 1.82) is 0 Å². The molecule has 1 N–H and O–H groups in total. The number of aliphatic carboxylic acids is 1. The zero-order valence-corrected chi connectivity index (χ0v) is 24.6.